The van der Waals surface area contributed by atoms with Crippen molar-refractivity contribution < 1.29 is 0 Å². The zero-order valence-electron chi connectivity index (χ0n) is 9.25. The third-order valence-corrected chi connectivity index (χ3v) is 5.07. The third-order valence-electron chi connectivity index (χ3n) is 3.00. The molecule has 1 saturated carbocycles. The first-order chi connectivity index (χ1) is 8.33. The van der Waals surface area contributed by atoms with Crippen molar-refractivity contribution in [3.05, 3.63) is 22.0 Å². The van der Waals surface area contributed by atoms with Gasteiger partial charge in [0.05, 0.1) is 4.88 Å². The molecule has 6 heteroatoms. The van der Waals surface area contributed by atoms with Gasteiger partial charge in [-0.05, 0) is 36.8 Å². The molecule has 17 heavy (non-hydrogen) atoms. The fourth-order valence-corrected chi connectivity index (χ4v) is 3.77. The fraction of sp³-hybridized carbons (Fsp3) is 0.364. The Balaban J connectivity index is 1.92. The second-order valence-corrected chi connectivity index (χ2v) is 6.27. The van der Waals surface area contributed by atoms with E-state index < -0.39 is 0 Å². The van der Waals surface area contributed by atoms with E-state index in [1.807, 2.05) is 4.52 Å². The van der Waals surface area contributed by atoms with Crippen molar-refractivity contribution >= 4 is 27.6 Å². The molecule has 0 amide bonds. The van der Waals surface area contributed by atoms with Gasteiger partial charge >= 0.3 is 0 Å². The minimum Gasteiger partial charge on any atom is -0.182 e. The molecule has 3 aromatic rings. The standard InChI is InChI=1S/C11H10N4S2/c1-6-4-5-16-8(6)9-12-13-11-15(9)14-10(17-11)7-2-3-7/h4-5,7H,2-3H2,1H3. The van der Waals surface area contributed by atoms with E-state index in [4.69, 9.17) is 0 Å². The normalized spacial score (nSPS) is 15.8. The van der Waals surface area contributed by atoms with Crippen molar-refractivity contribution in [2.75, 3.05) is 0 Å². The molecule has 4 nitrogen and oxygen atoms in total. The van der Waals surface area contributed by atoms with Crippen LogP contribution in [0.15, 0.2) is 11.4 Å². The van der Waals surface area contributed by atoms with E-state index in [2.05, 4.69) is 33.7 Å². The van der Waals surface area contributed by atoms with Crippen LogP contribution in [0.4, 0.5) is 0 Å². The Labute approximate surface area is 106 Å². The molecule has 0 radical (unpaired) electrons. The van der Waals surface area contributed by atoms with Crippen LogP contribution in [-0.4, -0.2) is 19.8 Å². The second kappa shape index (κ2) is 3.36. The van der Waals surface area contributed by atoms with Crippen LogP contribution in [-0.2, 0) is 0 Å². The summed E-state index contributed by atoms with van der Waals surface area (Å²) in [6.07, 6.45) is 2.55. The number of fused-ring (bicyclic) bond motifs is 1. The van der Waals surface area contributed by atoms with Crippen molar-refractivity contribution in [1.29, 1.82) is 0 Å². The first-order valence-corrected chi connectivity index (χ1v) is 7.29. The van der Waals surface area contributed by atoms with Crippen LogP contribution >= 0.6 is 22.7 Å². The lowest BCUT2D eigenvalue weighted by Gasteiger charge is -1.93. The molecule has 3 aromatic heterocycles. The Morgan fingerprint density at radius 2 is 2.24 bits per heavy atom. The predicted molar refractivity (Wildman–Crippen MR) is 68.7 cm³/mol. The van der Waals surface area contributed by atoms with Gasteiger partial charge in [0.1, 0.15) is 5.01 Å². The zero-order valence-corrected chi connectivity index (χ0v) is 10.9. The first-order valence-electron chi connectivity index (χ1n) is 5.59. The summed E-state index contributed by atoms with van der Waals surface area (Å²) in [7, 11) is 0. The quantitative estimate of drug-likeness (QED) is 0.712. The van der Waals surface area contributed by atoms with Crippen LogP contribution in [0.1, 0.15) is 29.3 Å². The summed E-state index contributed by atoms with van der Waals surface area (Å²) < 4.78 is 1.90. The lowest BCUT2D eigenvalue weighted by atomic mass is 10.3. The number of rotatable bonds is 2. The van der Waals surface area contributed by atoms with Crippen molar-refractivity contribution in [2.45, 2.75) is 25.7 Å². The molecule has 0 saturated heterocycles. The molecule has 1 aliphatic carbocycles. The molecule has 0 aromatic carbocycles. The van der Waals surface area contributed by atoms with Gasteiger partial charge in [0, 0.05) is 5.92 Å². The molecular weight excluding hydrogens is 252 g/mol. The first kappa shape index (κ1) is 9.73. The topological polar surface area (TPSA) is 43.1 Å². The molecule has 86 valence electrons. The number of thiophene rings is 1. The van der Waals surface area contributed by atoms with Crippen LogP contribution in [0, 0.1) is 6.92 Å². The maximum Gasteiger partial charge on any atom is 0.235 e. The van der Waals surface area contributed by atoms with Gasteiger partial charge in [0.25, 0.3) is 0 Å². The van der Waals surface area contributed by atoms with Crippen LogP contribution < -0.4 is 0 Å². The maximum atomic E-state index is 4.65. The molecular formula is C11H10N4S2. The highest BCUT2D eigenvalue weighted by Gasteiger charge is 2.28. The minimum absolute atomic E-state index is 0.680. The zero-order chi connectivity index (χ0) is 11.4. The molecule has 3 heterocycles. The van der Waals surface area contributed by atoms with E-state index in [1.54, 1.807) is 22.7 Å². The molecule has 0 N–H and O–H groups in total. The second-order valence-electron chi connectivity index (χ2n) is 4.37. The van der Waals surface area contributed by atoms with Gasteiger partial charge in [-0.2, -0.15) is 9.61 Å². The van der Waals surface area contributed by atoms with Gasteiger partial charge in [-0.25, -0.2) is 0 Å². The van der Waals surface area contributed by atoms with E-state index in [0.717, 1.165) is 10.8 Å². The van der Waals surface area contributed by atoms with Gasteiger partial charge in [0.15, 0.2) is 5.82 Å². The molecule has 0 spiro atoms. The minimum atomic E-state index is 0.680. The summed E-state index contributed by atoms with van der Waals surface area (Å²) in [4.78, 5) is 2.08. The number of nitrogens with zero attached hydrogens (tertiary/aromatic N) is 4. The van der Waals surface area contributed by atoms with Crippen LogP contribution in [0.25, 0.3) is 15.7 Å². The van der Waals surface area contributed by atoms with Crippen molar-refractivity contribution in [2.24, 2.45) is 0 Å². The summed E-state index contributed by atoms with van der Waals surface area (Å²) in [5.41, 5.74) is 1.24. The Bertz CT molecular complexity index is 689. The lowest BCUT2D eigenvalue weighted by molar-refractivity contribution is 0.903. The Morgan fingerprint density at radius 1 is 1.35 bits per heavy atom. The number of hydrogen-bond donors (Lipinski definition) is 0. The average Bonchev–Trinajstić information content (AvgIpc) is 2.77. The third kappa shape index (κ3) is 1.44. The van der Waals surface area contributed by atoms with E-state index in [1.165, 1.54) is 28.3 Å². The number of aromatic nitrogens is 4. The van der Waals surface area contributed by atoms with E-state index in [9.17, 15) is 0 Å². The fourth-order valence-electron chi connectivity index (χ4n) is 1.87. The molecule has 1 aliphatic rings. The Morgan fingerprint density at radius 3 is 2.94 bits per heavy atom. The van der Waals surface area contributed by atoms with E-state index in [-0.39, 0.29) is 0 Å². The van der Waals surface area contributed by atoms with Crippen molar-refractivity contribution in [3.8, 4) is 10.7 Å². The van der Waals surface area contributed by atoms with Gasteiger partial charge < -0.3 is 0 Å². The summed E-state index contributed by atoms with van der Waals surface area (Å²) in [5.74, 6) is 1.56. The highest BCUT2D eigenvalue weighted by Crippen LogP contribution is 2.42. The molecule has 0 unspecified atom stereocenters. The van der Waals surface area contributed by atoms with E-state index >= 15 is 0 Å². The summed E-state index contributed by atoms with van der Waals surface area (Å²) in [5, 5.41) is 16.4. The monoisotopic (exact) mass is 262 g/mol. The molecule has 0 atom stereocenters. The van der Waals surface area contributed by atoms with Gasteiger partial charge in [0.2, 0.25) is 4.96 Å². The van der Waals surface area contributed by atoms with Crippen LogP contribution in [0.3, 0.4) is 0 Å². The maximum absolute atomic E-state index is 4.65. The van der Waals surface area contributed by atoms with Crippen molar-refractivity contribution in [1.82, 2.24) is 19.8 Å². The molecule has 1 fully saturated rings. The smallest absolute Gasteiger partial charge is 0.182 e. The molecule has 4 rings (SSSR count). The summed E-state index contributed by atoms with van der Waals surface area (Å²) in [6, 6.07) is 2.11. The summed E-state index contributed by atoms with van der Waals surface area (Å²) >= 11 is 3.37. The molecule has 0 bridgehead atoms. The van der Waals surface area contributed by atoms with Gasteiger partial charge in [-0.3, -0.25) is 0 Å². The SMILES string of the molecule is Cc1ccsc1-c1nnc2sc(C3CC3)nn12. The summed E-state index contributed by atoms with van der Waals surface area (Å²) in [6.45, 7) is 2.10. The highest BCUT2D eigenvalue weighted by atomic mass is 32.1. The molecule has 0 aliphatic heterocycles. The highest BCUT2D eigenvalue weighted by molar-refractivity contribution is 7.17. The number of aryl methyl sites for hydroxylation is 1. The van der Waals surface area contributed by atoms with E-state index in [0.29, 0.717) is 5.92 Å². The number of hydrogen-bond acceptors (Lipinski definition) is 5. The lowest BCUT2D eigenvalue weighted by Crippen LogP contribution is -1.91. The Kier molecular flexibility index (Phi) is 1.93. The van der Waals surface area contributed by atoms with Crippen LogP contribution in [0.5, 0.6) is 0 Å². The largest absolute Gasteiger partial charge is 0.235 e. The van der Waals surface area contributed by atoms with Crippen LogP contribution in [0.2, 0.25) is 0 Å². The average molecular weight is 262 g/mol. The van der Waals surface area contributed by atoms with Gasteiger partial charge in [-0.15, -0.1) is 21.5 Å². The Hall–Kier alpha value is -1.27. The predicted octanol–water partition coefficient (Wildman–Crippen LogP) is 3.10. The van der Waals surface area contributed by atoms with Crippen molar-refractivity contribution in [3.63, 3.8) is 0 Å². The van der Waals surface area contributed by atoms with Gasteiger partial charge in [-0.1, -0.05) is 11.3 Å².